The number of hydrogen-bond acceptors (Lipinski definition) is 3. The molecule has 0 amide bonds. The molecule has 92 valence electrons. The second kappa shape index (κ2) is 4.84. The largest absolute Gasteiger partial charge is 0.310 e. The van der Waals surface area contributed by atoms with Crippen LogP contribution in [0.15, 0.2) is 24.3 Å². The van der Waals surface area contributed by atoms with E-state index in [1.54, 1.807) is 12.1 Å². The number of rotatable bonds is 5. The van der Waals surface area contributed by atoms with Gasteiger partial charge in [0, 0.05) is 18.2 Å². The number of non-ortho nitro benzene ring substituents is 1. The minimum Gasteiger partial charge on any atom is -0.310 e. The Balaban J connectivity index is 1.95. The van der Waals surface area contributed by atoms with Crippen LogP contribution in [0, 0.1) is 22.0 Å². The van der Waals surface area contributed by atoms with E-state index in [0.717, 1.165) is 23.9 Å². The van der Waals surface area contributed by atoms with Gasteiger partial charge in [0.05, 0.1) is 4.92 Å². The zero-order valence-corrected chi connectivity index (χ0v) is 10.2. The molecule has 0 heterocycles. The molecule has 2 rings (SSSR count). The second-order valence-electron chi connectivity index (χ2n) is 4.96. The summed E-state index contributed by atoms with van der Waals surface area (Å²) in [7, 11) is 0. The fourth-order valence-corrected chi connectivity index (χ4v) is 2.04. The lowest BCUT2D eigenvalue weighted by atomic mass is 10.1. The molecule has 17 heavy (non-hydrogen) atoms. The Labute approximate surface area is 101 Å². The van der Waals surface area contributed by atoms with Crippen molar-refractivity contribution in [3.05, 3.63) is 39.9 Å². The van der Waals surface area contributed by atoms with Gasteiger partial charge in [-0.1, -0.05) is 19.1 Å². The van der Waals surface area contributed by atoms with E-state index in [4.69, 9.17) is 0 Å². The molecule has 1 N–H and O–H groups in total. The Bertz CT molecular complexity index is 420. The van der Waals surface area contributed by atoms with Gasteiger partial charge in [0.1, 0.15) is 0 Å². The number of nitro groups is 1. The monoisotopic (exact) mass is 234 g/mol. The summed E-state index contributed by atoms with van der Waals surface area (Å²) in [6.45, 7) is 5.31. The smallest absolute Gasteiger partial charge is 0.269 e. The van der Waals surface area contributed by atoms with Crippen molar-refractivity contribution in [3.8, 4) is 0 Å². The zero-order valence-electron chi connectivity index (χ0n) is 10.2. The fraction of sp³-hybridized carbons (Fsp3) is 0.538. The maximum atomic E-state index is 10.7. The topological polar surface area (TPSA) is 55.2 Å². The van der Waals surface area contributed by atoms with E-state index >= 15 is 0 Å². The summed E-state index contributed by atoms with van der Waals surface area (Å²) in [5.74, 6) is 1.62. The van der Waals surface area contributed by atoms with Crippen LogP contribution in [0.25, 0.3) is 0 Å². The van der Waals surface area contributed by atoms with Crippen LogP contribution in [0.1, 0.15) is 31.9 Å². The van der Waals surface area contributed by atoms with Crippen molar-refractivity contribution in [2.45, 2.75) is 26.3 Å². The summed E-state index contributed by atoms with van der Waals surface area (Å²) in [5.41, 5.74) is 1.14. The summed E-state index contributed by atoms with van der Waals surface area (Å²) in [6.07, 6.45) is 1.30. The Morgan fingerprint density at radius 3 is 2.88 bits per heavy atom. The van der Waals surface area contributed by atoms with Crippen LogP contribution in [0.3, 0.4) is 0 Å². The third-order valence-corrected chi connectivity index (χ3v) is 3.54. The summed E-state index contributed by atoms with van der Waals surface area (Å²) in [6, 6.07) is 7.02. The maximum Gasteiger partial charge on any atom is 0.269 e. The predicted octanol–water partition coefficient (Wildman–Crippen LogP) is 2.90. The molecule has 1 saturated carbocycles. The van der Waals surface area contributed by atoms with Gasteiger partial charge in [0.25, 0.3) is 5.69 Å². The zero-order chi connectivity index (χ0) is 12.4. The number of hydrogen-bond donors (Lipinski definition) is 1. The summed E-state index contributed by atoms with van der Waals surface area (Å²) >= 11 is 0. The molecule has 4 nitrogen and oxygen atoms in total. The van der Waals surface area contributed by atoms with Crippen LogP contribution >= 0.6 is 0 Å². The highest BCUT2D eigenvalue weighted by atomic mass is 16.6. The lowest BCUT2D eigenvalue weighted by molar-refractivity contribution is -0.384. The van der Waals surface area contributed by atoms with Crippen LogP contribution in [-0.4, -0.2) is 11.5 Å². The van der Waals surface area contributed by atoms with E-state index < -0.39 is 0 Å². The number of nitrogens with one attached hydrogen (secondary N) is 1. The van der Waals surface area contributed by atoms with Gasteiger partial charge < -0.3 is 5.32 Å². The van der Waals surface area contributed by atoms with Crippen molar-refractivity contribution in [2.24, 2.45) is 11.8 Å². The highest BCUT2D eigenvalue weighted by Crippen LogP contribution is 2.37. The first-order valence-electron chi connectivity index (χ1n) is 6.05. The first-order valence-corrected chi connectivity index (χ1v) is 6.05. The van der Waals surface area contributed by atoms with E-state index in [0.29, 0.717) is 0 Å². The van der Waals surface area contributed by atoms with Crippen molar-refractivity contribution in [1.82, 2.24) is 5.32 Å². The molecular formula is C13H18N2O2. The average Bonchev–Trinajstić information content (AvgIpc) is 3.02. The molecule has 3 unspecified atom stereocenters. The van der Waals surface area contributed by atoms with Gasteiger partial charge in [0.2, 0.25) is 0 Å². The molecule has 1 fully saturated rings. The number of nitro benzene ring substituents is 1. The van der Waals surface area contributed by atoms with Crippen LogP contribution in [-0.2, 0) is 0 Å². The van der Waals surface area contributed by atoms with E-state index in [1.807, 2.05) is 13.0 Å². The normalized spacial score (nSPS) is 24.4. The fourth-order valence-electron chi connectivity index (χ4n) is 2.04. The molecule has 0 spiro atoms. The minimum atomic E-state index is -0.348. The van der Waals surface area contributed by atoms with Crippen LogP contribution in [0.2, 0.25) is 0 Å². The van der Waals surface area contributed by atoms with E-state index in [1.165, 1.54) is 12.5 Å². The summed E-state index contributed by atoms with van der Waals surface area (Å²) in [4.78, 5) is 10.3. The number of nitrogens with zero attached hydrogens (tertiary/aromatic N) is 1. The highest BCUT2D eigenvalue weighted by molar-refractivity contribution is 5.35. The second-order valence-corrected chi connectivity index (χ2v) is 4.96. The highest BCUT2D eigenvalue weighted by Gasteiger charge is 2.32. The molecule has 1 aromatic rings. The van der Waals surface area contributed by atoms with Crippen LogP contribution in [0.5, 0.6) is 0 Å². The molecule has 0 aliphatic heterocycles. The molecule has 1 aliphatic rings. The molecule has 0 bridgehead atoms. The van der Waals surface area contributed by atoms with Gasteiger partial charge in [0.15, 0.2) is 0 Å². The van der Waals surface area contributed by atoms with Gasteiger partial charge in [-0.3, -0.25) is 10.1 Å². The Morgan fingerprint density at radius 2 is 2.29 bits per heavy atom. The summed E-state index contributed by atoms with van der Waals surface area (Å²) < 4.78 is 0. The lowest BCUT2D eigenvalue weighted by Gasteiger charge is -2.13. The van der Waals surface area contributed by atoms with E-state index in [9.17, 15) is 10.1 Å². The SMILES string of the molecule is CC(NCC1CC1C)c1cccc([N+](=O)[O-])c1. The van der Waals surface area contributed by atoms with E-state index in [2.05, 4.69) is 12.2 Å². The molecule has 0 saturated heterocycles. The predicted molar refractivity (Wildman–Crippen MR) is 66.8 cm³/mol. The Morgan fingerprint density at radius 1 is 1.59 bits per heavy atom. The van der Waals surface area contributed by atoms with Gasteiger partial charge in [-0.15, -0.1) is 0 Å². The lowest BCUT2D eigenvalue weighted by Crippen LogP contribution is -2.21. The van der Waals surface area contributed by atoms with Crippen molar-refractivity contribution in [3.63, 3.8) is 0 Å². The van der Waals surface area contributed by atoms with Gasteiger partial charge in [-0.25, -0.2) is 0 Å². The standard InChI is InChI=1S/C13H18N2O2/c1-9-6-12(9)8-14-10(2)11-4-3-5-13(7-11)15(16)17/h3-5,7,9-10,12,14H,6,8H2,1-2H3. The third-order valence-electron chi connectivity index (χ3n) is 3.54. The van der Waals surface area contributed by atoms with Crippen molar-refractivity contribution >= 4 is 5.69 Å². The summed E-state index contributed by atoms with van der Waals surface area (Å²) in [5, 5.41) is 14.1. The first kappa shape index (κ1) is 12.0. The van der Waals surface area contributed by atoms with Gasteiger partial charge in [-0.05, 0) is 37.3 Å². The van der Waals surface area contributed by atoms with Crippen molar-refractivity contribution < 1.29 is 4.92 Å². The molecule has 1 aromatic carbocycles. The molecule has 0 radical (unpaired) electrons. The van der Waals surface area contributed by atoms with Crippen LogP contribution < -0.4 is 5.32 Å². The maximum absolute atomic E-state index is 10.7. The molecule has 3 atom stereocenters. The quantitative estimate of drug-likeness (QED) is 0.629. The average molecular weight is 234 g/mol. The Kier molecular flexibility index (Phi) is 3.43. The molecule has 0 aromatic heterocycles. The van der Waals surface area contributed by atoms with Gasteiger partial charge >= 0.3 is 0 Å². The first-order chi connectivity index (χ1) is 8.08. The van der Waals surface area contributed by atoms with Crippen molar-refractivity contribution in [2.75, 3.05) is 6.54 Å². The Hall–Kier alpha value is -1.42. The third kappa shape index (κ3) is 3.03. The minimum absolute atomic E-state index is 0.163. The van der Waals surface area contributed by atoms with Gasteiger partial charge in [-0.2, -0.15) is 0 Å². The molecule has 4 heteroatoms. The van der Waals surface area contributed by atoms with Crippen LogP contribution in [0.4, 0.5) is 5.69 Å². The molecule has 1 aliphatic carbocycles. The van der Waals surface area contributed by atoms with E-state index in [-0.39, 0.29) is 16.7 Å². The van der Waals surface area contributed by atoms with Crippen molar-refractivity contribution in [1.29, 1.82) is 0 Å². The molecular weight excluding hydrogens is 216 g/mol. The number of benzene rings is 1.